The van der Waals surface area contributed by atoms with Crippen molar-refractivity contribution >= 4 is 17.4 Å². The average molecular weight is 468 g/mol. The molecule has 168 valence electrons. The summed E-state index contributed by atoms with van der Waals surface area (Å²) in [7, 11) is 0. The zero-order valence-corrected chi connectivity index (χ0v) is 17.9. The van der Waals surface area contributed by atoms with Gasteiger partial charge in [0.1, 0.15) is 17.9 Å². The standard InChI is InChI=1S/C22H18ClF4N3O2/c1-11-7-15(12(2)30(11)14-5-6-18(24)17(23)8-14)20(31)10-29-21(32)16(22(25,26)27)9-19(28-29)13-3-4-13/h5-9,13H,3-4,10H2,1-2H3. The molecule has 0 atom stereocenters. The zero-order valence-electron chi connectivity index (χ0n) is 17.1. The fourth-order valence-corrected chi connectivity index (χ4v) is 3.91. The van der Waals surface area contributed by atoms with E-state index in [-0.39, 0.29) is 22.2 Å². The molecule has 1 saturated carbocycles. The molecule has 0 unspecified atom stereocenters. The van der Waals surface area contributed by atoms with E-state index in [1.807, 2.05) is 0 Å². The Kier molecular flexibility index (Phi) is 5.48. The molecule has 4 rings (SSSR count). The monoisotopic (exact) mass is 467 g/mol. The van der Waals surface area contributed by atoms with E-state index < -0.39 is 35.4 Å². The van der Waals surface area contributed by atoms with Crippen molar-refractivity contribution in [2.24, 2.45) is 0 Å². The second-order valence-electron chi connectivity index (χ2n) is 7.86. The summed E-state index contributed by atoms with van der Waals surface area (Å²) < 4.78 is 55.9. The van der Waals surface area contributed by atoms with Crippen LogP contribution in [0.4, 0.5) is 17.6 Å². The van der Waals surface area contributed by atoms with Crippen LogP contribution in [0.5, 0.6) is 0 Å². The number of hydrogen-bond donors (Lipinski definition) is 0. The maximum Gasteiger partial charge on any atom is 0.421 e. The van der Waals surface area contributed by atoms with Crippen molar-refractivity contribution in [2.75, 3.05) is 0 Å². The van der Waals surface area contributed by atoms with E-state index in [0.29, 0.717) is 34.6 Å². The van der Waals surface area contributed by atoms with Crippen LogP contribution < -0.4 is 5.56 Å². The lowest BCUT2D eigenvalue weighted by molar-refractivity contribution is -0.139. The lowest BCUT2D eigenvalue weighted by atomic mass is 10.1. The van der Waals surface area contributed by atoms with Gasteiger partial charge in [-0.2, -0.15) is 18.3 Å². The number of aromatic nitrogens is 3. The molecule has 0 amide bonds. The summed E-state index contributed by atoms with van der Waals surface area (Å²) in [6, 6.07) is 6.45. The summed E-state index contributed by atoms with van der Waals surface area (Å²) in [4.78, 5) is 25.4. The van der Waals surface area contributed by atoms with Crippen LogP contribution in [0.3, 0.4) is 0 Å². The maximum atomic E-state index is 13.5. The highest BCUT2D eigenvalue weighted by Gasteiger charge is 2.38. The zero-order chi connectivity index (χ0) is 23.4. The van der Waals surface area contributed by atoms with Crippen molar-refractivity contribution in [2.45, 2.75) is 45.3 Å². The first-order chi connectivity index (χ1) is 15.0. The Bertz CT molecular complexity index is 1290. The van der Waals surface area contributed by atoms with Crippen LogP contribution >= 0.6 is 11.6 Å². The van der Waals surface area contributed by atoms with Crippen LogP contribution in [0, 0.1) is 19.7 Å². The third-order valence-corrected chi connectivity index (χ3v) is 5.77. The summed E-state index contributed by atoms with van der Waals surface area (Å²) in [5.41, 5.74) is -0.647. The van der Waals surface area contributed by atoms with Gasteiger partial charge in [-0.25, -0.2) is 9.07 Å². The van der Waals surface area contributed by atoms with Gasteiger partial charge < -0.3 is 4.57 Å². The first-order valence-corrected chi connectivity index (χ1v) is 10.2. The third-order valence-electron chi connectivity index (χ3n) is 5.48. The number of carbonyl (C=O) groups is 1. The molecular weight excluding hydrogens is 450 g/mol. The fourth-order valence-electron chi connectivity index (χ4n) is 3.74. The van der Waals surface area contributed by atoms with E-state index >= 15 is 0 Å². The van der Waals surface area contributed by atoms with Gasteiger partial charge >= 0.3 is 6.18 Å². The summed E-state index contributed by atoms with van der Waals surface area (Å²) in [6.45, 7) is 2.74. The third kappa shape index (κ3) is 4.09. The van der Waals surface area contributed by atoms with Gasteiger partial charge in [-0.3, -0.25) is 9.59 Å². The largest absolute Gasteiger partial charge is 0.421 e. The van der Waals surface area contributed by atoms with Crippen molar-refractivity contribution < 1.29 is 22.4 Å². The Morgan fingerprint density at radius 3 is 2.47 bits per heavy atom. The van der Waals surface area contributed by atoms with Crippen LogP contribution in [-0.4, -0.2) is 20.1 Å². The molecule has 32 heavy (non-hydrogen) atoms. The number of hydrogen-bond acceptors (Lipinski definition) is 3. The number of carbonyl (C=O) groups excluding carboxylic acids is 1. The van der Waals surface area contributed by atoms with Gasteiger partial charge in [-0.05, 0) is 57.0 Å². The Morgan fingerprint density at radius 2 is 1.88 bits per heavy atom. The lowest BCUT2D eigenvalue weighted by Gasteiger charge is -2.12. The number of nitrogens with zero attached hydrogens (tertiary/aromatic N) is 3. The van der Waals surface area contributed by atoms with Gasteiger partial charge in [0.25, 0.3) is 5.56 Å². The highest BCUT2D eigenvalue weighted by Crippen LogP contribution is 2.40. The Morgan fingerprint density at radius 1 is 1.19 bits per heavy atom. The second-order valence-corrected chi connectivity index (χ2v) is 8.27. The highest BCUT2D eigenvalue weighted by atomic mass is 35.5. The van der Waals surface area contributed by atoms with Gasteiger partial charge in [-0.15, -0.1) is 0 Å². The molecule has 2 heterocycles. The Balaban J connectivity index is 1.72. The van der Waals surface area contributed by atoms with Gasteiger partial charge in [0.05, 0.1) is 10.7 Å². The van der Waals surface area contributed by atoms with E-state index in [4.69, 9.17) is 11.6 Å². The molecule has 1 aromatic carbocycles. The number of halogens is 5. The molecule has 0 aliphatic heterocycles. The predicted molar refractivity (Wildman–Crippen MR) is 110 cm³/mol. The van der Waals surface area contributed by atoms with Crippen molar-refractivity contribution in [1.29, 1.82) is 0 Å². The van der Waals surface area contributed by atoms with Crippen molar-refractivity contribution in [3.63, 3.8) is 0 Å². The topological polar surface area (TPSA) is 56.9 Å². The van der Waals surface area contributed by atoms with E-state index in [0.717, 1.165) is 6.07 Å². The van der Waals surface area contributed by atoms with Crippen molar-refractivity contribution in [3.8, 4) is 5.69 Å². The van der Waals surface area contributed by atoms with Crippen LogP contribution in [0.2, 0.25) is 5.02 Å². The second kappa shape index (κ2) is 7.88. The van der Waals surface area contributed by atoms with Gasteiger partial charge in [0.2, 0.25) is 0 Å². The number of ketones is 1. The molecule has 1 aliphatic rings. The van der Waals surface area contributed by atoms with Gasteiger partial charge in [0, 0.05) is 28.6 Å². The first kappa shape index (κ1) is 22.3. The van der Waals surface area contributed by atoms with E-state index in [9.17, 15) is 27.2 Å². The van der Waals surface area contributed by atoms with Gasteiger partial charge in [0.15, 0.2) is 5.78 Å². The summed E-state index contributed by atoms with van der Waals surface area (Å²) in [5, 5.41) is 3.94. The van der Waals surface area contributed by atoms with E-state index in [1.54, 1.807) is 24.5 Å². The highest BCUT2D eigenvalue weighted by molar-refractivity contribution is 6.30. The Hall–Kier alpha value is -2.94. The molecule has 3 aromatic rings. The molecule has 10 heteroatoms. The number of aryl methyl sites for hydroxylation is 1. The van der Waals surface area contributed by atoms with Crippen LogP contribution in [0.15, 0.2) is 35.1 Å². The number of Topliss-reactive ketones (excluding diaryl/α,β-unsaturated/α-hetero) is 1. The van der Waals surface area contributed by atoms with Crippen LogP contribution in [0.1, 0.15) is 51.8 Å². The minimum absolute atomic E-state index is 0.0878. The minimum atomic E-state index is -4.84. The minimum Gasteiger partial charge on any atom is -0.318 e. The molecule has 1 fully saturated rings. The summed E-state index contributed by atoms with van der Waals surface area (Å²) in [6.07, 6.45) is -3.46. The smallest absolute Gasteiger partial charge is 0.318 e. The van der Waals surface area contributed by atoms with Crippen molar-refractivity contribution in [1.82, 2.24) is 14.3 Å². The molecular formula is C22H18ClF4N3O2. The van der Waals surface area contributed by atoms with Crippen molar-refractivity contribution in [3.05, 3.63) is 79.7 Å². The van der Waals surface area contributed by atoms with Crippen LogP contribution in [0.25, 0.3) is 5.69 Å². The SMILES string of the molecule is Cc1cc(C(=O)Cn2nc(C3CC3)cc(C(F)(F)F)c2=O)c(C)n1-c1ccc(F)c(Cl)c1. The van der Waals surface area contributed by atoms with Crippen LogP contribution in [-0.2, 0) is 12.7 Å². The number of alkyl halides is 3. The average Bonchev–Trinajstić information content (AvgIpc) is 3.50. The first-order valence-electron chi connectivity index (χ1n) is 9.84. The predicted octanol–water partition coefficient (Wildman–Crippen LogP) is 5.22. The maximum absolute atomic E-state index is 13.5. The molecule has 0 N–H and O–H groups in total. The molecule has 1 aliphatic carbocycles. The summed E-state index contributed by atoms with van der Waals surface area (Å²) in [5.74, 6) is -1.28. The number of benzene rings is 1. The summed E-state index contributed by atoms with van der Waals surface area (Å²) >= 11 is 5.87. The quantitative estimate of drug-likeness (QED) is 0.382. The Labute approximate surface area is 185 Å². The van der Waals surface area contributed by atoms with Gasteiger partial charge in [-0.1, -0.05) is 11.6 Å². The molecule has 0 radical (unpaired) electrons. The van der Waals surface area contributed by atoms with E-state index in [2.05, 4.69) is 5.10 Å². The lowest BCUT2D eigenvalue weighted by Crippen LogP contribution is -2.33. The number of rotatable bonds is 5. The molecule has 0 spiro atoms. The fraction of sp³-hybridized carbons (Fsp3) is 0.318. The molecule has 0 saturated heterocycles. The molecule has 0 bridgehead atoms. The van der Waals surface area contributed by atoms with E-state index in [1.165, 1.54) is 18.2 Å². The normalized spacial score (nSPS) is 14.1. The molecule has 5 nitrogen and oxygen atoms in total. The molecule has 2 aromatic heterocycles.